The van der Waals surface area contributed by atoms with E-state index in [0.717, 1.165) is 28.1 Å². The van der Waals surface area contributed by atoms with Crippen LogP contribution in [0.1, 0.15) is 51.4 Å². The zero-order chi connectivity index (χ0) is 20.3. The molecule has 0 aliphatic rings. The second kappa shape index (κ2) is 8.21. The van der Waals surface area contributed by atoms with E-state index in [-0.39, 0.29) is 11.9 Å². The van der Waals surface area contributed by atoms with E-state index in [1.54, 1.807) is 6.07 Å². The molecule has 3 rings (SSSR count). The number of rotatable bonds is 5. The lowest BCUT2D eigenvalue weighted by Crippen LogP contribution is -2.18. The number of benzene rings is 2. The highest BCUT2D eigenvalue weighted by atomic mass is 16.1. The first-order chi connectivity index (χ1) is 13.3. The molecule has 28 heavy (non-hydrogen) atoms. The van der Waals surface area contributed by atoms with Crippen LogP contribution in [0.2, 0.25) is 0 Å². The summed E-state index contributed by atoms with van der Waals surface area (Å²) in [5, 5.41) is 6.29. The van der Waals surface area contributed by atoms with Gasteiger partial charge in [-0.3, -0.25) is 4.79 Å². The van der Waals surface area contributed by atoms with Gasteiger partial charge in [0.1, 0.15) is 5.69 Å². The number of nitrogens with one attached hydrogen (secondary N) is 2. The van der Waals surface area contributed by atoms with Crippen molar-refractivity contribution in [2.24, 2.45) is 0 Å². The van der Waals surface area contributed by atoms with Gasteiger partial charge in [-0.15, -0.1) is 0 Å². The highest BCUT2D eigenvalue weighted by Gasteiger charge is 2.15. The van der Waals surface area contributed by atoms with Gasteiger partial charge in [0, 0.05) is 11.4 Å². The van der Waals surface area contributed by atoms with Crippen molar-refractivity contribution in [3.63, 3.8) is 0 Å². The first-order valence-corrected chi connectivity index (χ1v) is 9.40. The lowest BCUT2D eigenvalue weighted by Gasteiger charge is -2.16. The van der Waals surface area contributed by atoms with Crippen LogP contribution < -0.4 is 10.6 Å². The maximum atomic E-state index is 12.8. The van der Waals surface area contributed by atoms with Crippen LogP contribution in [0.5, 0.6) is 0 Å². The summed E-state index contributed by atoms with van der Waals surface area (Å²) in [4.78, 5) is 21.7. The normalized spacial score (nSPS) is 11.8. The van der Waals surface area contributed by atoms with Crippen molar-refractivity contribution in [3.8, 4) is 0 Å². The Hall–Kier alpha value is -3.21. The molecule has 5 nitrogen and oxygen atoms in total. The van der Waals surface area contributed by atoms with Gasteiger partial charge in [0.15, 0.2) is 0 Å². The molecule has 1 aromatic heterocycles. The molecule has 0 fully saturated rings. The van der Waals surface area contributed by atoms with E-state index in [4.69, 9.17) is 0 Å². The molecule has 0 aliphatic heterocycles. The molecule has 2 aromatic carbocycles. The summed E-state index contributed by atoms with van der Waals surface area (Å²) in [5.41, 5.74) is 6.28. The molecule has 5 heteroatoms. The molecule has 144 valence electrons. The van der Waals surface area contributed by atoms with Crippen LogP contribution in [0.15, 0.2) is 48.5 Å². The standard InChI is InChI=1S/C23H26N4O/c1-14-11-15(2)21(16(3)12-14)27-22(28)20-13-17(4)24-23(26-20)25-18(5)19-9-7-6-8-10-19/h6-13,18H,1-5H3,(H,27,28)(H,24,25,26). The summed E-state index contributed by atoms with van der Waals surface area (Å²) in [6.45, 7) is 9.94. The van der Waals surface area contributed by atoms with Crippen LogP contribution in [0.4, 0.5) is 11.6 Å². The Morgan fingerprint density at radius 1 is 0.929 bits per heavy atom. The maximum Gasteiger partial charge on any atom is 0.274 e. The smallest absolute Gasteiger partial charge is 0.274 e. The van der Waals surface area contributed by atoms with Gasteiger partial charge >= 0.3 is 0 Å². The van der Waals surface area contributed by atoms with E-state index in [2.05, 4.69) is 32.7 Å². The fourth-order valence-corrected chi connectivity index (χ4v) is 3.32. The first-order valence-electron chi connectivity index (χ1n) is 9.40. The van der Waals surface area contributed by atoms with Crippen molar-refractivity contribution in [3.05, 3.63) is 82.2 Å². The zero-order valence-corrected chi connectivity index (χ0v) is 17.0. The Labute approximate surface area is 166 Å². The number of aromatic nitrogens is 2. The Bertz CT molecular complexity index is 976. The van der Waals surface area contributed by atoms with E-state index in [1.807, 2.05) is 65.0 Å². The molecule has 0 saturated carbocycles. The van der Waals surface area contributed by atoms with Gasteiger partial charge in [0.25, 0.3) is 5.91 Å². The minimum Gasteiger partial charge on any atom is -0.348 e. The Balaban J connectivity index is 1.82. The molecule has 1 heterocycles. The fourth-order valence-electron chi connectivity index (χ4n) is 3.32. The predicted octanol–water partition coefficient (Wildman–Crippen LogP) is 5.14. The number of aryl methyl sites for hydroxylation is 4. The van der Waals surface area contributed by atoms with Crippen molar-refractivity contribution in [1.29, 1.82) is 0 Å². The summed E-state index contributed by atoms with van der Waals surface area (Å²) in [7, 11) is 0. The number of carbonyl (C=O) groups is 1. The molecule has 0 aliphatic carbocycles. The number of hydrogen-bond acceptors (Lipinski definition) is 4. The monoisotopic (exact) mass is 374 g/mol. The van der Waals surface area contributed by atoms with Gasteiger partial charge < -0.3 is 10.6 Å². The van der Waals surface area contributed by atoms with Gasteiger partial charge in [-0.2, -0.15) is 0 Å². The van der Waals surface area contributed by atoms with Gasteiger partial charge in [-0.1, -0.05) is 48.0 Å². The molecular formula is C23H26N4O. The lowest BCUT2D eigenvalue weighted by atomic mass is 10.0. The summed E-state index contributed by atoms with van der Waals surface area (Å²) in [6.07, 6.45) is 0. The predicted molar refractivity (Wildman–Crippen MR) is 114 cm³/mol. The second-order valence-corrected chi connectivity index (χ2v) is 7.22. The van der Waals surface area contributed by atoms with Crippen LogP contribution in [-0.4, -0.2) is 15.9 Å². The van der Waals surface area contributed by atoms with Crippen molar-refractivity contribution < 1.29 is 4.79 Å². The summed E-state index contributed by atoms with van der Waals surface area (Å²) in [5.74, 6) is 0.204. The molecule has 2 N–H and O–H groups in total. The van der Waals surface area contributed by atoms with Crippen LogP contribution in [0, 0.1) is 27.7 Å². The lowest BCUT2D eigenvalue weighted by molar-refractivity contribution is 0.102. The summed E-state index contributed by atoms with van der Waals surface area (Å²) < 4.78 is 0. The highest BCUT2D eigenvalue weighted by molar-refractivity contribution is 6.04. The fraction of sp³-hybridized carbons (Fsp3) is 0.261. The summed E-state index contributed by atoms with van der Waals surface area (Å²) >= 11 is 0. The van der Waals surface area contributed by atoms with Crippen LogP contribution in [0.3, 0.4) is 0 Å². The quantitative estimate of drug-likeness (QED) is 0.649. The Morgan fingerprint density at radius 2 is 1.57 bits per heavy atom. The van der Waals surface area contributed by atoms with Gasteiger partial charge in [0.05, 0.1) is 6.04 Å². The summed E-state index contributed by atoms with van der Waals surface area (Å²) in [6, 6.07) is 15.9. The van der Waals surface area contributed by atoms with Crippen molar-refractivity contribution in [1.82, 2.24) is 9.97 Å². The molecule has 0 saturated heterocycles. The molecule has 0 radical (unpaired) electrons. The minimum atomic E-state index is -0.240. The highest BCUT2D eigenvalue weighted by Crippen LogP contribution is 2.23. The number of nitrogens with zero attached hydrogens (tertiary/aromatic N) is 2. The second-order valence-electron chi connectivity index (χ2n) is 7.22. The van der Waals surface area contributed by atoms with Gasteiger partial charge in [-0.05, 0) is 57.4 Å². The van der Waals surface area contributed by atoms with Gasteiger partial charge in [-0.25, -0.2) is 9.97 Å². The zero-order valence-electron chi connectivity index (χ0n) is 17.0. The van der Waals surface area contributed by atoms with E-state index >= 15 is 0 Å². The van der Waals surface area contributed by atoms with Crippen LogP contribution in [-0.2, 0) is 0 Å². The van der Waals surface area contributed by atoms with Crippen LogP contribution in [0.25, 0.3) is 0 Å². The molecular weight excluding hydrogens is 348 g/mol. The van der Waals surface area contributed by atoms with E-state index in [9.17, 15) is 4.79 Å². The largest absolute Gasteiger partial charge is 0.348 e. The number of hydrogen-bond donors (Lipinski definition) is 2. The van der Waals surface area contributed by atoms with E-state index in [1.165, 1.54) is 5.56 Å². The molecule has 0 bridgehead atoms. The third kappa shape index (κ3) is 4.55. The third-order valence-corrected chi connectivity index (χ3v) is 4.65. The van der Waals surface area contributed by atoms with Crippen molar-refractivity contribution in [2.45, 2.75) is 40.7 Å². The molecule has 1 amide bonds. The number of carbonyl (C=O) groups excluding carboxylic acids is 1. The first kappa shape index (κ1) is 19.5. The molecule has 1 unspecified atom stereocenters. The van der Waals surface area contributed by atoms with E-state index in [0.29, 0.717) is 11.6 Å². The molecule has 0 spiro atoms. The van der Waals surface area contributed by atoms with Crippen molar-refractivity contribution in [2.75, 3.05) is 10.6 Å². The number of anilines is 2. The topological polar surface area (TPSA) is 66.9 Å². The minimum absolute atomic E-state index is 0.0282. The van der Waals surface area contributed by atoms with Crippen molar-refractivity contribution >= 4 is 17.5 Å². The average molecular weight is 374 g/mol. The van der Waals surface area contributed by atoms with Gasteiger partial charge in [0.2, 0.25) is 5.95 Å². The Kier molecular flexibility index (Phi) is 5.73. The maximum absolute atomic E-state index is 12.8. The van der Waals surface area contributed by atoms with E-state index < -0.39 is 0 Å². The average Bonchev–Trinajstić information content (AvgIpc) is 2.64. The van der Waals surface area contributed by atoms with Crippen LogP contribution >= 0.6 is 0 Å². The number of amides is 1. The SMILES string of the molecule is Cc1cc(C)c(NC(=O)c2cc(C)nc(NC(C)c3ccccc3)n2)c(C)c1. The molecule has 3 aromatic rings. The Morgan fingerprint density at radius 3 is 2.21 bits per heavy atom. The molecule has 1 atom stereocenters. The third-order valence-electron chi connectivity index (χ3n) is 4.65.